The van der Waals surface area contributed by atoms with Crippen LogP contribution in [0.4, 0.5) is 0 Å². The summed E-state index contributed by atoms with van der Waals surface area (Å²) in [7, 11) is 0. The van der Waals surface area contributed by atoms with Gasteiger partial charge in [0.05, 0.1) is 15.9 Å². The Balaban J connectivity index is 2.87. The number of benzene rings is 1. The van der Waals surface area contributed by atoms with E-state index in [-0.39, 0.29) is 0 Å². The normalized spacial score (nSPS) is 11.0. The average Bonchev–Trinajstić information content (AvgIpc) is 2.44. The van der Waals surface area contributed by atoms with Gasteiger partial charge in [0.15, 0.2) is 5.15 Å². The molecule has 0 bridgehead atoms. The fourth-order valence-corrected chi connectivity index (χ4v) is 1.98. The molecule has 1 aromatic carbocycles. The topological polar surface area (TPSA) is 17.8 Å². The van der Waals surface area contributed by atoms with E-state index < -0.39 is 0 Å². The van der Waals surface area contributed by atoms with Crippen molar-refractivity contribution >= 4 is 34.1 Å². The molecule has 68 valence electrons. The van der Waals surface area contributed by atoms with E-state index in [9.17, 15) is 0 Å². The first-order valence-corrected chi connectivity index (χ1v) is 4.80. The highest BCUT2D eigenvalue weighted by Crippen LogP contribution is 2.29. The monoisotopic (exact) mass is 214 g/mol. The summed E-state index contributed by atoms with van der Waals surface area (Å²) in [5.74, 6) is 0. The van der Waals surface area contributed by atoms with Crippen LogP contribution in [-0.2, 0) is 6.54 Å². The molecule has 1 heterocycles. The summed E-state index contributed by atoms with van der Waals surface area (Å²) in [4.78, 5) is 0. The Hall–Kier alpha value is -0.730. The van der Waals surface area contributed by atoms with Gasteiger partial charge in [0.1, 0.15) is 0 Å². The number of aromatic nitrogens is 2. The van der Waals surface area contributed by atoms with Gasteiger partial charge in [-0.3, -0.25) is 4.68 Å². The van der Waals surface area contributed by atoms with Crippen molar-refractivity contribution < 1.29 is 0 Å². The molecule has 0 aliphatic carbocycles. The maximum absolute atomic E-state index is 5.99. The predicted molar refractivity (Wildman–Crippen MR) is 55.4 cm³/mol. The SMILES string of the molecule is CCn1nc(Cl)c2c(Cl)cccc21. The number of fused-ring (bicyclic) bond motifs is 1. The summed E-state index contributed by atoms with van der Waals surface area (Å²) < 4.78 is 1.84. The van der Waals surface area contributed by atoms with Gasteiger partial charge in [0, 0.05) is 6.54 Å². The minimum absolute atomic E-state index is 0.474. The Morgan fingerprint density at radius 2 is 2.15 bits per heavy atom. The molecule has 4 heteroatoms. The Morgan fingerprint density at radius 3 is 2.85 bits per heavy atom. The van der Waals surface area contributed by atoms with Gasteiger partial charge in [-0.2, -0.15) is 5.10 Å². The maximum atomic E-state index is 5.99. The third-order valence-corrected chi connectivity index (χ3v) is 2.56. The molecule has 2 aromatic rings. The van der Waals surface area contributed by atoms with Crippen LogP contribution in [0.25, 0.3) is 10.9 Å². The third-order valence-electron chi connectivity index (χ3n) is 1.98. The number of nitrogens with zero attached hydrogens (tertiary/aromatic N) is 2. The van der Waals surface area contributed by atoms with Crippen molar-refractivity contribution in [1.29, 1.82) is 0 Å². The molecule has 0 saturated carbocycles. The second-order valence-electron chi connectivity index (χ2n) is 2.74. The van der Waals surface area contributed by atoms with Crippen LogP contribution in [-0.4, -0.2) is 9.78 Å². The summed E-state index contributed by atoms with van der Waals surface area (Å²) in [5, 5.41) is 6.14. The number of hydrogen-bond donors (Lipinski definition) is 0. The molecule has 1 aromatic heterocycles. The van der Waals surface area contributed by atoms with Crippen molar-refractivity contribution in [1.82, 2.24) is 9.78 Å². The molecule has 13 heavy (non-hydrogen) atoms. The van der Waals surface area contributed by atoms with Gasteiger partial charge in [0.2, 0.25) is 0 Å². The van der Waals surface area contributed by atoms with Crippen LogP contribution in [0.5, 0.6) is 0 Å². The first-order valence-electron chi connectivity index (χ1n) is 4.04. The number of aryl methyl sites for hydroxylation is 1. The van der Waals surface area contributed by atoms with Crippen molar-refractivity contribution in [2.24, 2.45) is 0 Å². The number of hydrogen-bond acceptors (Lipinski definition) is 1. The van der Waals surface area contributed by atoms with Crippen molar-refractivity contribution in [3.05, 3.63) is 28.4 Å². The molecule has 2 rings (SSSR count). The first kappa shape index (κ1) is 8.85. The van der Waals surface area contributed by atoms with Crippen LogP contribution < -0.4 is 0 Å². The average molecular weight is 215 g/mol. The number of halogens is 2. The molecule has 0 fully saturated rings. The molecular formula is C9H8Cl2N2. The first-order chi connectivity index (χ1) is 6.24. The highest BCUT2D eigenvalue weighted by molar-refractivity contribution is 6.41. The van der Waals surface area contributed by atoms with E-state index in [0.717, 1.165) is 17.4 Å². The lowest BCUT2D eigenvalue weighted by molar-refractivity contribution is 0.684. The van der Waals surface area contributed by atoms with E-state index in [1.807, 2.05) is 29.8 Å². The smallest absolute Gasteiger partial charge is 0.160 e. The standard InChI is InChI=1S/C9H8Cl2N2/c1-2-13-7-5-3-4-6(10)8(7)9(11)12-13/h3-5H,2H2,1H3. The largest absolute Gasteiger partial charge is 0.264 e. The summed E-state index contributed by atoms with van der Waals surface area (Å²) in [6.07, 6.45) is 0. The van der Waals surface area contributed by atoms with Crippen LogP contribution in [0.1, 0.15) is 6.92 Å². The fraction of sp³-hybridized carbons (Fsp3) is 0.222. The molecule has 0 atom stereocenters. The van der Waals surface area contributed by atoms with Crippen LogP contribution >= 0.6 is 23.2 Å². The highest BCUT2D eigenvalue weighted by Gasteiger charge is 2.09. The summed E-state index contributed by atoms with van der Waals surface area (Å²) in [6, 6.07) is 5.68. The fourth-order valence-electron chi connectivity index (χ4n) is 1.38. The highest BCUT2D eigenvalue weighted by atomic mass is 35.5. The minimum atomic E-state index is 0.474. The van der Waals surface area contributed by atoms with E-state index in [0.29, 0.717) is 10.2 Å². The molecule has 0 aliphatic rings. The van der Waals surface area contributed by atoms with E-state index in [1.165, 1.54) is 0 Å². The Morgan fingerprint density at radius 1 is 1.38 bits per heavy atom. The summed E-state index contributed by atoms with van der Waals surface area (Å²) >= 11 is 11.9. The van der Waals surface area contributed by atoms with Gasteiger partial charge in [0.25, 0.3) is 0 Å². The van der Waals surface area contributed by atoms with Crippen molar-refractivity contribution in [3.63, 3.8) is 0 Å². The minimum Gasteiger partial charge on any atom is -0.264 e. The molecule has 0 aliphatic heterocycles. The van der Waals surface area contributed by atoms with Gasteiger partial charge in [-0.25, -0.2) is 0 Å². The van der Waals surface area contributed by atoms with Gasteiger partial charge < -0.3 is 0 Å². The van der Waals surface area contributed by atoms with Crippen molar-refractivity contribution in [2.75, 3.05) is 0 Å². The molecule has 0 N–H and O–H groups in total. The Labute approximate surface area is 86.1 Å². The molecule has 0 radical (unpaired) electrons. The molecule has 2 nitrogen and oxygen atoms in total. The summed E-state index contributed by atoms with van der Waals surface area (Å²) in [6.45, 7) is 2.81. The van der Waals surface area contributed by atoms with Crippen molar-refractivity contribution in [3.8, 4) is 0 Å². The van der Waals surface area contributed by atoms with E-state index in [2.05, 4.69) is 5.10 Å². The quantitative estimate of drug-likeness (QED) is 0.713. The van der Waals surface area contributed by atoms with E-state index in [4.69, 9.17) is 23.2 Å². The lowest BCUT2D eigenvalue weighted by Crippen LogP contribution is -1.94. The summed E-state index contributed by atoms with van der Waals surface area (Å²) in [5.41, 5.74) is 0.986. The maximum Gasteiger partial charge on any atom is 0.160 e. The Bertz CT molecular complexity index is 448. The van der Waals surface area contributed by atoms with Crippen LogP contribution in [0, 0.1) is 0 Å². The van der Waals surface area contributed by atoms with Gasteiger partial charge in [-0.1, -0.05) is 29.3 Å². The lowest BCUT2D eigenvalue weighted by atomic mass is 10.2. The van der Waals surface area contributed by atoms with Crippen molar-refractivity contribution in [2.45, 2.75) is 13.5 Å². The van der Waals surface area contributed by atoms with Crippen LogP contribution in [0.15, 0.2) is 18.2 Å². The predicted octanol–water partition coefficient (Wildman–Crippen LogP) is 3.36. The van der Waals surface area contributed by atoms with Gasteiger partial charge in [-0.05, 0) is 19.1 Å². The van der Waals surface area contributed by atoms with Gasteiger partial charge in [-0.15, -0.1) is 0 Å². The van der Waals surface area contributed by atoms with E-state index >= 15 is 0 Å². The van der Waals surface area contributed by atoms with Gasteiger partial charge >= 0.3 is 0 Å². The number of rotatable bonds is 1. The second kappa shape index (κ2) is 3.20. The molecule has 0 amide bonds. The lowest BCUT2D eigenvalue weighted by Gasteiger charge is -1.97. The third kappa shape index (κ3) is 1.30. The van der Waals surface area contributed by atoms with Crippen LogP contribution in [0.2, 0.25) is 10.2 Å². The zero-order valence-electron chi connectivity index (χ0n) is 7.09. The molecule has 0 spiro atoms. The molecular weight excluding hydrogens is 207 g/mol. The van der Waals surface area contributed by atoms with E-state index in [1.54, 1.807) is 0 Å². The van der Waals surface area contributed by atoms with Crippen LogP contribution in [0.3, 0.4) is 0 Å². The zero-order chi connectivity index (χ0) is 9.42. The Kier molecular flexibility index (Phi) is 2.18. The second-order valence-corrected chi connectivity index (χ2v) is 3.51. The molecule has 0 saturated heterocycles. The molecule has 0 unspecified atom stereocenters. The zero-order valence-corrected chi connectivity index (χ0v) is 8.60.